The molecular formula is C10H8F3NS. The van der Waals surface area contributed by atoms with Crippen LogP contribution in [-0.2, 0) is 0 Å². The van der Waals surface area contributed by atoms with Crippen LogP contribution in [0.25, 0.3) is 10.1 Å². The second-order valence-electron chi connectivity index (χ2n) is 3.21. The molecular weight excluding hydrogens is 223 g/mol. The van der Waals surface area contributed by atoms with Gasteiger partial charge in [0.1, 0.15) is 6.04 Å². The first-order chi connectivity index (χ1) is 7.00. The molecule has 2 rings (SSSR count). The van der Waals surface area contributed by atoms with Crippen molar-refractivity contribution in [3.05, 3.63) is 35.2 Å². The van der Waals surface area contributed by atoms with E-state index in [1.165, 1.54) is 16.7 Å². The van der Waals surface area contributed by atoms with Gasteiger partial charge in [-0.3, -0.25) is 0 Å². The van der Waals surface area contributed by atoms with Crippen LogP contribution < -0.4 is 5.73 Å². The van der Waals surface area contributed by atoms with E-state index in [1.54, 1.807) is 24.3 Å². The summed E-state index contributed by atoms with van der Waals surface area (Å²) in [6.45, 7) is 0. The Hall–Kier alpha value is -1.07. The SMILES string of the molecule is NC(c1csc2ccccc12)C(F)(F)F. The molecule has 0 radical (unpaired) electrons. The van der Waals surface area contributed by atoms with Crippen LogP contribution in [0.5, 0.6) is 0 Å². The molecule has 0 spiro atoms. The highest BCUT2D eigenvalue weighted by Crippen LogP contribution is 2.37. The molecule has 80 valence electrons. The van der Waals surface area contributed by atoms with Crippen molar-refractivity contribution in [2.24, 2.45) is 5.73 Å². The molecule has 0 saturated carbocycles. The number of thiophene rings is 1. The summed E-state index contributed by atoms with van der Waals surface area (Å²) in [5, 5.41) is 2.07. The summed E-state index contributed by atoms with van der Waals surface area (Å²) in [5.74, 6) is 0. The van der Waals surface area contributed by atoms with Crippen LogP contribution in [0.4, 0.5) is 13.2 Å². The number of halogens is 3. The zero-order valence-electron chi connectivity index (χ0n) is 7.58. The average Bonchev–Trinajstić information content (AvgIpc) is 2.58. The van der Waals surface area contributed by atoms with Gasteiger partial charge in [0.05, 0.1) is 0 Å². The Morgan fingerprint density at radius 3 is 2.53 bits per heavy atom. The Bertz CT molecular complexity index is 475. The maximum atomic E-state index is 12.4. The number of rotatable bonds is 1. The van der Waals surface area contributed by atoms with Crippen molar-refractivity contribution in [1.29, 1.82) is 0 Å². The monoisotopic (exact) mass is 231 g/mol. The smallest absolute Gasteiger partial charge is 0.316 e. The van der Waals surface area contributed by atoms with Crippen molar-refractivity contribution < 1.29 is 13.2 Å². The second kappa shape index (κ2) is 3.50. The molecule has 15 heavy (non-hydrogen) atoms. The predicted octanol–water partition coefficient (Wildman–Crippen LogP) is 3.46. The van der Waals surface area contributed by atoms with Gasteiger partial charge in [0, 0.05) is 4.70 Å². The van der Waals surface area contributed by atoms with E-state index in [0.717, 1.165) is 4.70 Å². The van der Waals surface area contributed by atoms with Gasteiger partial charge >= 0.3 is 6.18 Å². The lowest BCUT2D eigenvalue weighted by molar-refractivity contribution is -0.148. The molecule has 1 atom stereocenters. The third-order valence-corrected chi connectivity index (χ3v) is 3.18. The highest BCUT2D eigenvalue weighted by molar-refractivity contribution is 7.17. The summed E-state index contributed by atoms with van der Waals surface area (Å²) in [6, 6.07) is 5.05. The number of hydrogen-bond donors (Lipinski definition) is 1. The van der Waals surface area contributed by atoms with Crippen molar-refractivity contribution in [3.63, 3.8) is 0 Å². The van der Waals surface area contributed by atoms with E-state index in [1.807, 2.05) is 0 Å². The normalized spacial score (nSPS) is 14.4. The lowest BCUT2D eigenvalue weighted by Gasteiger charge is -2.14. The van der Waals surface area contributed by atoms with Gasteiger partial charge in [0.25, 0.3) is 0 Å². The molecule has 1 aromatic heterocycles. The first-order valence-electron chi connectivity index (χ1n) is 4.28. The summed E-state index contributed by atoms with van der Waals surface area (Å²) in [7, 11) is 0. The molecule has 0 aliphatic heterocycles. The quantitative estimate of drug-likeness (QED) is 0.799. The van der Waals surface area contributed by atoms with E-state index < -0.39 is 12.2 Å². The first-order valence-corrected chi connectivity index (χ1v) is 5.16. The van der Waals surface area contributed by atoms with Gasteiger partial charge in [-0.25, -0.2) is 0 Å². The third-order valence-electron chi connectivity index (χ3n) is 2.20. The van der Waals surface area contributed by atoms with E-state index in [0.29, 0.717) is 5.39 Å². The molecule has 2 aromatic rings. The largest absolute Gasteiger partial charge is 0.407 e. The lowest BCUT2D eigenvalue weighted by atomic mass is 10.1. The van der Waals surface area contributed by atoms with E-state index in [4.69, 9.17) is 5.73 Å². The van der Waals surface area contributed by atoms with Crippen molar-refractivity contribution in [3.8, 4) is 0 Å². The van der Waals surface area contributed by atoms with E-state index in [9.17, 15) is 13.2 Å². The molecule has 0 saturated heterocycles. The van der Waals surface area contributed by atoms with Gasteiger partial charge in [-0.1, -0.05) is 18.2 Å². The molecule has 0 fully saturated rings. The maximum Gasteiger partial charge on any atom is 0.407 e. The molecule has 5 heteroatoms. The van der Waals surface area contributed by atoms with Crippen LogP contribution in [0.3, 0.4) is 0 Å². The van der Waals surface area contributed by atoms with Gasteiger partial charge in [0.2, 0.25) is 0 Å². The lowest BCUT2D eigenvalue weighted by Crippen LogP contribution is -2.28. The van der Waals surface area contributed by atoms with Crippen LogP contribution in [0.15, 0.2) is 29.6 Å². The predicted molar refractivity (Wildman–Crippen MR) is 54.8 cm³/mol. The molecule has 1 aromatic carbocycles. The fourth-order valence-electron chi connectivity index (χ4n) is 1.42. The van der Waals surface area contributed by atoms with Crippen molar-refractivity contribution in [2.45, 2.75) is 12.2 Å². The topological polar surface area (TPSA) is 26.0 Å². The highest BCUT2D eigenvalue weighted by atomic mass is 32.1. The van der Waals surface area contributed by atoms with E-state index in [-0.39, 0.29) is 5.56 Å². The average molecular weight is 231 g/mol. The molecule has 1 nitrogen and oxygen atoms in total. The zero-order chi connectivity index (χ0) is 11.1. The molecule has 2 N–H and O–H groups in total. The van der Waals surface area contributed by atoms with Gasteiger partial charge in [-0.15, -0.1) is 11.3 Å². The number of hydrogen-bond acceptors (Lipinski definition) is 2. The Kier molecular flexibility index (Phi) is 2.44. The Balaban J connectivity index is 2.53. The number of fused-ring (bicyclic) bond motifs is 1. The minimum atomic E-state index is -4.39. The molecule has 0 aliphatic carbocycles. The highest BCUT2D eigenvalue weighted by Gasteiger charge is 2.38. The van der Waals surface area contributed by atoms with E-state index >= 15 is 0 Å². The third kappa shape index (κ3) is 1.85. The van der Waals surface area contributed by atoms with E-state index in [2.05, 4.69) is 0 Å². The fraction of sp³-hybridized carbons (Fsp3) is 0.200. The summed E-state index contributed by atoms with van der Waals surface area (Å²) < 4.78 is 38.1. The molecule has 1 unspecified atom stereocenters. The number of alkyl halides is 3. The van der Waals surface area contributed by atoms with Gasteiger partial charge in [0.15, 0.2) is 0 Å². The minimum Gasteiger partial charge on any atom is -0.316 e. The van der Waals surface area contributed by atoms with Crippen LogP contribution >= 0.6 is 11.3 Å². The molecule has 0 bridgehead atoms. The summed E-state index contributed by atoms with van der Waals surface area (Å²) in [5.41, 5.74) is 5.32. The molecule has 0 aliphatic rings. The van der Waals surface area contributed by atoms with Crippen molar-refractivity contribution in [2.75, 3.05) is 0 Å². The van der Waals surface area contributed by atoms with Gasteiger partial charge < -0.3 is 5.73 Å². The maximum absolute atomic E-state index is 12.4. The first kappa shape index (κ1) is 10.4. The van der Waals surface area contributed by atoms with Crippen LogP contribution in [0.2, 0.25) is 0 Å². The van der Waals surface area contributed by atoms with Gasteiger partial charge in [-0.2, -0.15) is 13.2 Å². The molecule has 1 heterocycles. The Labute approximate surface area is 88.3 Å². The van der Waals surface area contributed by atoms with Crippen molar-refractivity contribution in [1.82, 2.24) is 0 Å². The number of benzene rings is 1. The van der Waals surface area contributed by atoms with Crippen LogP contribution in [0.1, 0.15) is 11.6 Å². The summed E-state index contributed by atoms with van der Waals surface area (Å²) in [4.78, 5) is 0. The summed E-state index contributed by atoms with van der Waals surface area (Å²) >= 11 is 1.28. The van der Waals surface area contributed by atoms with Crippen LogP contribution in [0, 0.1) is 0 Å². The standard InChI is InChI=1S/C10H8F3NS/c11-10(12,13)9(14)7-5-15-8-4-2-1-3-6(7)8/h1-5,9H,14H2. The Morgan fingerprint density at radius 2 is 1.87 bits per heavy atom. The Morgan fingerprint density at radius 1 is 1.20 bits per heavy atom. The number of nitrogens with two attached hydrogens (primary N) is 1. The minimum absolute atomic E-state index is 0.156. The zero-order valence-corrected chi connectivity index (χ0v) is 8.40. The fourth-order valence-corrected chi connectivity index (χ4v) is 2.41. The van der Waals surface area contributed by atoms with Crippen molar-refractivity contribution >= 4 is 21.4 Å². The molecule has 0 amide bonds. The van der Waals surface area contributed by atoms with Gasteiger partial charge in [-0.05, 0) is 22.4 Å². The van der Waals surface area contributed by atoms with Crippen LogP contribution in [-0.4, -0.2) is 6.18 Å². The summed E-state index contributed by atoms with van der Waals surface area (Å²) in [6.07, 6.45) is -4.39. The second-order valence-corrected chi connectivity index (χ2v) is 4.12.